The molecule has 0 aliphatic carbocycles. The third-order valence-electron chi connectivity index (χ3n) is 4.52. The van der Waals surface area contributed by atoms with E-state index in [0.29, 0.717) is 17.9 Å². The second-order valence-corrected chi connectivity index (χ2v) is 6.30. The van der Waals surface area contributed by atoms with Crippen molar-refractivity contribution in [2.45, 2.75) is 13.3 Å². The summed E-state index contributed by atoms with van der Waals surface area (Å²) >= 11 is 0. The normalized spacial score (nSPS) is 13.3. The molecule has 1 aliphatic rings. The summed E-state index contributed by atoms with van der Waals surface area (Å²) in [6, 6.07) is 9.60. The molecule has 28 heavy (non-hydrogen) atoms. The smallest absolute Gasteiger partial charge is 0.161 e. The van der Waals surface area contributed by atoms with Crippen molar-refractivity contribution in [3.63, 3.8) is 0 Å². The van der Waals surface area contributed by atoms with Crippen molar-refractivity contribution in [1.82, 2.24) is 0 Å². The summed E-state index contributed by atoms with van der Waals surface area (Å²) in [4.78, 5) is 0. The van der Waals surface area contributed by atoms with Crippen molar-refractivity contribution in [2.75, 3.05) is 28.4 Å². The Balaban J connectivity index is 2.04. The van der Waals surface area contributed by atoms with Gasteiger partial charge in [0.25, 0.3) is 0 Å². The zero-order valence-corrected chi connectivity index (χ0v) is 16.8. The first kappa shape index (κ1) is 19.5. The molecule has 0 unspecified atom stereocenters. The lowest BCUT2D eigenvalue weighted by molar-refractivity contribution is 0.354. The number of methoxy groups -OCH3 is 4. The monoisotopic (exact) mass is 380 g/mol. The van der Waals surface area contributed by atoms with Gasteiger partial charge in [0, 0.05) is 29.3 Å². The van der Waals surface area contributed by atoms with Gasteiger partial charge in [-0.1, -0.05) is 0 Å². The number of nitrogens with zero attached hydrogens (tertiary/aromatic N) is 2. The Hall–Kier alpha value is -3.28. The van der Waals surface area contributed by atoms with E-state index in [0.717, 1.165) is 39.6 Å². The number of ether oxygens (including phenoxy) is 4. The Morgan fingerprint density at radius 3 is 2.18 bits per heavy atom. The van der Waals surface area contributed by atoms with Crippen molar-refractivity contribution in [2.24, 2.45) is 10.2 Å². The van der Waals surface area contributed by atoms with Crippen LogP contribution < -0.4 is 18.9 Å². The van der Waals surface area contributed by atoms with Crippen LogP contribution >= 0.6 is 0 Å². The highest BCUT2D eigenvalue weighted by atomic mass is 16.5. The van der Waals surface area contributed by atoms with Crippen LogP contribution in [-0.2, 0) is 6.42 Å². The van der Waals surface area contributed by atoms with Crippen LogP contribution in [0.2, 0.25) is 0 Å². The molecule has 0 amide bonds. The zero-order chi connectivity index (χ0) is 20.1. The second kappa shape index (κ2) is 8.61. The summed E-state index contributed by atoms with van der Waals surface area (Å²) in [5.74, 6) is 2.81. The molecule has 0 atom stereocenters. The average Bonchev–Trinajstić information content (AvgIpc) is 2.88. The number of benzene rings is 2. The first-order chi connectivity index (χ1) is 13.6. The van der Waals surface area contributed by atoms with E-state index >= 15 is 0 Å². The molecule has 1 aliphatic heterocycles. The van der Waals surface area contributed by atoms with E-state index in [-0.39, 0.29) is 0 Å². The van der Waals surface area contributed by atoms with Crippen LogP contribution in [0.15, 0.2) is 46.6 Å². The van der Waals surface area contributed by atoms with E-state index in [2.05, 4.69) is 10.2 Å². The van der Waals surface area contributed by atoms with Crippen molar-refractivity contribution in [3.05, 3.63) is 53.1 Å². The predicted molar refractivity (Wildman–Crippen MR) is 111 cm³/mol. The van der Waals surface area contributed by atoms with Crippen molar-refractivity contribution < 1.29 is 18.9 Å². The maximum absolute atomic E-state index is 5.47. The first-order valence-electron chi connectivity index (χ1n) is 8.86. The van der Waals surface area contributed by atoms with Crippen molar-refractivity contribution >= 4 is 17.5 Å². The van der Waals surface area contributed by atoms with Crippen LogP contribution in [0.3, 0.4) is 0 Å². The Morgan fingerprint density at radius 2 is 1.50 bits per heavy atom. The lowest BCUT2D eigenvalue weighted by atomic mass is 9.97. The maximum atomic E-state index is 5.47. The molecule has 3 rings (SSSR count). The number of fused-ring (bicyclic) bond motifs is 1. The van der Waals surface area contributed by atoms with Crippen LogP contribution in [0.4, 0.5) is 0 Å². The van der Waals surface area contributed by atoms with Gasteiger partial charge in [-0.25, -0.2) is 0 Å². The molecule has 0 bridgehead atoms. The van der Waals surface area contributed by atoms with Crippen LogP contribution in [-0.4, -0.2) is 39.9 Å². The van der Waals surface area contributed by atoms with Gasteiger partial charge < -0.3 is 18.9 Å². The molecule has 0 aromatic heterocycles. The summed E-state index contributed by atoms with van der Waals surface area (Å²) in [6.45, 7) is 1.96. The van der Waals surface area contributed by atoms with E-state index in [1.54, 1.807) is 28.4 Å². The fourth-order valence-electron chi connectivity index (χ4n) is 3.06. The fourth-order valence-corrected chi connectivity index (χ4v) is 3.06. The lowest BCUT2D eigenvalue weighted by Gasteiger charge is -2.13. The van der Waals surface area contributed by atoms with E-state index in [9.17, 15) is 0 Å². The van der Waals surface area contributed by atoms with Crippen LogP contribution in [0, 0.1) is 0 Å². The van der Waals surface area contributed by atoms with E-state index in [1.807, 2.05) is 49.4 Å². The molecule has 0 radical (unpaired) electrons. The molecule has 0 saturated carbocycles. The van der Waals surface area contributed by atoms with E-state index < -0.39 is 0 Å². The second-order valence-electron chi connectivity index (χ2n) is 6.30. The molecular formula is C22H24N2O4. The van der Waals surface area contributed by atoms with Crippen LogP contribution in [0.25, 0.3) is 6.08 Å². The minimum Gasteiger partial charge on any atom is -0.497 e. The highest BCUT2D eigenvalue weighted by Crippen LogP contribution is 2.33. The van der Waals surface area contributed by atoms with Gasteiger partial charge in [-0.15, -0.1) is 0 Å². The van der Waals surface area contributed by atoms with Gasteiger partial charge >= 0.3 is 0 Å². The molecule has 1 heterocycles. The molecule has 0 fully saturated rings. The fraction of sp³-hybridized carbons (Fsp3) is 0.273. The van der Waals surface area contributed by atoms with Gasteiger partial charge in [-0.05, 0) is 48.9 Å². The topological polar surface area (TPSA) is 61.6 Å². The van der Waals surface area contributed by atoms with Gasteiger partial charge in [-0.2, -0.15) is 10.2 Å². The Labute approximate surface area is 165 Å². The number of allylic oxidation sites excluding steroid dienone is 1. The SMILES string of the molecule is COc1ccc(/C=C/C2=NN=C(C)Cc3cc(OC)c(OC)cc32)c(OC)c1. The molecule has 2 aromatic rings. The molecule has 0 spiro atoms. The standard InChI is InChI=1S/C22H24N2O4/c1-14-10-16-11-21(27-4)22(28-5)13-18(16)19(24-23-14)9-7-15-6-8-17(25-2)12-20(15)26-3/h6-9,11-13H,10H2,1-5H3/b9-7+. The first-order valence-corrected chi connectivity index (χ1v) is 8.86. The average molecular weight is 380 g/mol. The largest absolute Gasteiger partial charge is 0.497 e. The molecule has 2 aromatic carbocycles. The Morgan fingerprint density at radius 1 is 0.786 bits per heavy atom. The van der Waals surface area contributed by atoms with Gasteiger partial charge in [0.2, 0.25) is 0 Å². The van der Waals surface area contributed by atoms with Crippen LogP contribution in [0.1, 0.15) is 23.6 Å². The Kier molecular flexibility index (Phi) is 5.99. The summed E-state index contributed by atoms with van der Waals surface area (Å²) in [6.07, 6.45) is 4.58. The highest BCUT2D eigenvalue weighted by Gasteiger charge is 2.17. The van der Waals surface area contributed by atoms with Gasteiger partial charge in [0.05, 0.1) is 34.2 Å². The zero-order valence-electron chi connectivity index (χ0n) is 16.8. The van der Waals surface area contributed by atoms with Gasteiger partial charge in [-0.3, -0.25) is 0 Å². The van der Waals surface area contributed by atoms with Crippen LogP contribution in [0.5, 0.6) is 23.0 Å². The molecule has 0 saturated heterocycles. The minimum absolute atomic E-state index is 0.656. The molecule has 6 nitrogen and oxygen atoms in total. The number of hydrogen-bond acceptors (Lipinski definition) is 6. The maximum Gasteiger partial charge on any atom is 0.161 e. The molecule has 0 N–H and O–H groups in total. The van der Waals surface area contributed by atoms with E-state index in [1.165, 1.54) is 0 Å². The lowest BCUT2D eigenvalue weighted by Crippen LogP contribution is -2.05. The molecular weight excluding hydrogens is 356 g/mol. The summed E-state index contributed by atoms with van der Waals surface area (Å²) in [5, 5.41) is 8.77. The summed E-state index contributed by atoms with van der Waals surface area (Å²) in [7, 11) is 6.52. The number of hydrogen-bond donors (Lipinski definition) is 0. The third-order valence-corrected chi connectivity index (χ3v) is 4.52. The minimum atomic E-state index is 0.656. The quantitative estimate of drug-likeness (QED) is 0.755. The highest BCUT2D eigenvalue weighted by molar-refractivity contribution is 6.13. The van der Waals surface area contributed by atoms with E-state index in [4.69, 9.17) is 18.9 Å². The molecule has 146 valence electrons. The van der Waals surface area contributed by atoms with Crippen molar-refractivity contribution in [3.8, 4) is 23.0 Å². The van der Waals surface area contributed by atoms with Gasteiger partial charge in [0.1, 0.15) is 11.5 Å². The molecule has 6 heteroatoms. The summed E-state index contributed by atoms with van der Waals surface area (Å²) in [5.41, 5.74) is 4.63. The van der Waals surface area contributed by atoms with Gasteiger partial charge in [0.15, 0.2) is 11.5 Å². The number of rotatable bonds is 6. The van der Waals surface area contributed by atoms with Crippen molar-refractivity contribution in [1.29, 1.82) is 0 Å². The third kappa shape index (κ3) is 4.01. The Bertz CT molecular complexity index is 961. The predicted octanol–water partition coefficient (Wildman–Crippen LogP) is 4.16. The summed E-state index contributed by atoms with van der Waals surface area (Å²) < 4.78 is 21.6.